The van der Waals surface area contributed by atoms with E-state index in [9.17, 15) is 0 Å². The number of anilines is 2. The first-order chi connectivity index (χ1) is 5.16. The van der Waals surface area contributed by atoms with Crippen LogP contribution in [0.3, 0.4) is 0 Å². The summed E-state index contributed by atoms with van der Waals surface area (Å²) in [6, 6.07) is 3.39. The van der Waals surface area contributed by atoms with Crippen LogP contribution in [0, 0.1) is 5.41 Å². The Hall–Kier alpha value is -1.16. The number of hydrogen-bond donors (Lipinski definition) is 4. The van der Waals surface area contributed by atoms with Crippen molar-refractivity contribution in [3.05, 3.63) is 17.7 Å². The van der Waals surface area contributed by atoms with Crippen LogP contribution in [0.1, 0.15) is 5.56 Å². The first-order valence-electron chi connectivity index (χ1n) is 3.04. The molecule has 1 rings (SSSR count). The van der Waals surface area contributed by atoms with Gasteiger partial charge >= 0.3 is 0 Å². The Morgan fingerprint density at radius 3 is 2.45 bits per heavy atom. The van der Waals surface area contributed by atoms with E-state index in [-0.39, 0.29) is 0 Å². The monoisotopic (exact) mass is 167 g/mol. The highest BCUT2D eigenvalue weighted by atomic mass is 32.1. The molecule has 0 fully saturated rings. The molecule has 0 amide bonds. The summed E-state index contributed by atoms with van der Waals surface area (Å²) in [5, 5.41) is 7.01. The molecule has 0 saturated carbocycles. The van der Waals surface area contributed by atoms with Crippen molar-refractivity contribution in [2.75, 3.05) is 11.5 Å². The molecule has 0 aliphatic carbocycles. The van der Waals surface area contributed by atoms with Gasteiger partial charge in [-0.1, -0.05) is 0 Å². The Bertz CT molecular complexity index is 296. The zero-order chi connectivity index (χ0) is 8.43. The van der Waals surface area contributed by atoms with Crippen molar-refractivity contribution in [2.45, 2.75) is 4.90 Å². The Balaban J connectivity index is 3.40. The van der Waals surface area contributed by atoms with Gasteiger partial charge in [-0.2, -0.15) is 0 Å². The van der Waals surface area contributed by atoms with Crippen molar-refractivity contribution in [3.63, 3.8) is 0 Å². The van der Waals surface area contributed by atoms with Crippen molar-refractivity contribution in [3.8, 4) is 0 Å². The van der Waals surface area contributed by atoms with E-state index in [0.717, 1.165) is 6.21 Å². The van der Waals surface area contributed by atoms with Gasteiger partial charge in [-0.15, -0.1) is 12.6 Å². The second kappa shape index (κ2) is 2.84. The number of nitrogens with two attached hydrogens (primary N) is 2. The largest absolute Gasteiger partial charge is 0.397 e. The maximum atomic E-state index is 7.01. The average Bonchev–Trinajstić information content (AvgIpc) is 1.99. The second-order valence-corrected chi connectivity index (χ2v) is 2.63. The maximum absolute atomic E-state index is 7.01. The lowest BCUT2D eigenvalue weighted by atomic mass is 10.1. The van der Waals surface area contributed by atoms with E-state index in [1.54, 1.807) is 12.1 Å². The zero-order valence-electron chi connectivity index (χ0n) is 5.83. The molecule has 0 saturated heterocycles. The molecule has 0 bridgehead atoms. The fourth-order valence-electron chi connectivity index (χ4n) is 0.793. The highest BCUT2D eigenvalue weighted by Crippen LogP contribution is 2.24. The van der Waals surface area contributed by atoms with Crippen LogP contribution in [0.25, 0.3) is 0 Å². The molecular weight excluding hydrogens is 158 g/mol. The summed E-state index contributed by atoms with van der Waals surface area (Å²) in [6.45, 7) is 0. The first kappa shape index (κ1) is 7.94. The van der Waals surface area contributed by atoms with Crippen LogP contribution in [0.5, 0.6) is 0 Å². The lowest BCUT2D eigenvalue weighted by Crippen LogP contribution is -1.99. The molecule has 0 heterocycles. The van der Waals surface area contributed by atoms with Crippen molar-refractivity contribution < 1.29 is 0 Å². The molecule has 0 atom stereocenters. The number of nitrogen functional groups attached to an aromatic ring is 2. The number of thiol groups is 1. The Morgan fingerprint density at radius 2 is 2.00 bits per heavy atom. The average molecular weight is 167 g/mol. The predicted molar refractivity (Wildman–Crippen MR) is 50.4 cm³/mol. The summed E-state index contributed by atoms with van der Waals surface area (Å²) in [7, 11) is 0. The predicted octanol–water partition coefficient (Wildman–Crippen LogP) is 1.14. The van der Waals surface area contributed by atoms with E-state index in [1.165, 1.54) is 0 Å². The number of benzene rings is 1. The molecule has 0 unspecified atom stereocenters. The van der Waals surface area contributed by atoms with Crippen LogP contribution < -0.4 is 11.5 Å². The summed E-state index contributed by atoms with van der Waals surface area (Å²) < 4.78 is 0. The quantitative estimate of drug-likeness (QED) is 0.287. The Kier molecular flexibility index (Phi) is 2.05. The molecule has 5 N–H and O–H groups in total. The van der Waals surface area contributed by atoms with Gasteiger partial charge in [0.25, 0.3) is 0 Å². The molecule has 3 nitrogen and oxygen atoms in total. The zero-order valence-corrected chi connectivity index (χ0v) is 6.73. The Labute approximate surface area is 70.3 Å². The minimum atomic E-state index is 0.424. The minimum Gasteiger partial charge on any atom is -0.397 e. The minimum absolute atomic E-state index is 0.424. The van der Waals surface area contributed by atoms with Gasteiger partial charge in [0.05, 0.1) is 11.4 Å². The summed E-state index contributed by atoms with van der Waals surface area (Å²) in [6.07, 6.45) is 1.15. The van der Waals surface area contributed by atoms with E-state index in [4.69, 9.17) is 16.9 Å². The molecule has 1 aromatic rings. The normalized spacial score (nSPS) is 9.55. The summed E-state index contributed by atoms with van der Waals surface area (Å²) in [4.78, 5) is 0.673. The van der Waals surface area contributed by atoms with E-state index < -0.39 is 0 Å². The number of hydrogen-bond acceptors (Lipinski definition) is 4. The highest BCUT2D eigenvalue weighted by Gasteiger charge is 2.02. The lowest BCUT2D eigenvalue weighted by Gasteiger charge is -2.05. The van der Waals surface area contributed by atoms with E-state index in [1.807, 2.05) is 0 Å². The highest BCUT2D eigenvalue weighted by molar-refractivity contribution is 7.80. The van der Waals surface area contributed by atoms with Gasteiger partial charge in [-0.05, 0) is 12.1 Å². The first-order valence-corrected chi connectivity index (χ1v) is 3.49. The van der Waals surface area contributed by atoms with Crippen LogP contribution in [-0.4, -0.2) is 6.21 Å². The van der Waals surface area contributed by atoms with Crippen molar-refractivity contribution in [1.82, 2.24) is 0 Å². The maximum Gasteiger partial charge on any atom is 0.0648 e. The van der Waals surface area contributed by atoms with Crippen LogP contribution in [0.15, 0.2) is 17.0 Å². The van der Waals surface area contributed by atoms with Gasteiger partial charge in [0.1, 0.15) is 0 Å². The fourth-order valence-corrected chi connectivity index (χ4v) is 1.05. The second-order valence-electron chi connectivity index (χ2n) is 2.15. The molecule has 0 aromatic heterocycles. The third-order valence-corrected chi connectivity index (χ3v) is 1.83. The van der Waals surface area contributed by atoms with Gasteiger partial charge in [0.2, 0.25) is 0 Å². The Morgan fingerprint density at radius 1 is 1.36 bits per heavy atom. The van der Waals surface area contributed by atoms with Gasteiger partial charge in [0, 0.05) is 16.7 Å². The van der Waals surface area contributed by atoms with Gasteiger partial charge in [-0.25, -0.2) is 0 Å². The van der Waals surface area contributed by atoms with Gasteiger partial charge in [-0.3, -0.25) is 0 Å². The van der Waals surface area contributed by atoms with Crippen LogP contribution >= 0.6 is 12.6 Å². The van der Waals surface area contributed by atoms with Crippen molar-refractivity contribution in [1.29, 1.82) is 5.41 Å². The van der Waals surface area contributed by atoms with E-state index >= 15 is 0 Å². The molecule has 1 aromatic carbocycles. The third kappa shape index (κ3) is 1.30. The fraction of sp³-hybridized carbons (Fsp3) is 0. The molecule has 4 heteroatoms. The molecule has 0 spiro atoms. The third-order valence-electron chi connectivity index (χ3n) is 1.44. The summed E-state index contributed by atoms with van der Waals surface area (Å²) in [5.41, 5.74) is 12.6. The molecule has 0 radical (unpaired) electrons. The number of nitrogens with one attached hydrogen (secondary N) is 1. The molecular formula is C7H9N3S. The van der Waals surface area contributed by atoms with Gasteiger partial charge < -0.3 is 16.9 Å². The molecule has 58 valence electrons. The standard InChI is InChI=1S/C7H9N3S/c8-3-4-6(11)2-1-5(9)7(4)10/h1-3,8,11H,9-10H2. The topological polar surface area (TPSA) is 75.9 Å². The van der Waals surface area contributed by atoms with Crippen molar-refractivity contribution >= 4 is 30.2 Å². The molecule has 0 aliphatic rings. The lowest BCUT2D eigenvalue weighted by molar-refractivity contribution is 1.42. The van der Waals surface area contributed by atoms with Crippen LogP contribution in [-0.2, 0) is 0 Å². The molecule has 11 heavy (non-hydrogen) atoms. The smallest absolute Gasteiger partial charge is 0.0648 e. The van der Waals surface area contributed by atoms with Crippen LogP contribution in [0.2, 0.25) is 0 Å². The number of rotatable bonds is 1. The SMILES string of the molecule is N=Cc1c(S)ccc(N)c1N. The summed E-state index contributed by atoms with van der Waals surface area (Å²) in [5.74, 6) is 0. The van der Waals surface area contributed by atoms with Crippen molar-refractivity contribution in [2.24, 2.45) is 0 Å². The van der Waals surface area contributed by atoms with E-state index in [2.05, 4.69) is 12.6 Å². The summed E-state index contributed by atoms with van der Waals surface area (Å²) >= 11 is 4.11. The van der Waals surface area contributed by atoms with Crippen LogP contribution in [0.4, 0.5) is 11.4 Å². The molecule has 0 aliphatic heterocycles. The van der Waals surface area contributed by atoms with Gasteiger partial charge in [0.15, 0.2) is 0 Å². The van der Waals surface area contributed by atoms with E-state index in [0.29, 0.717) is 21.8 Å².